The molecule has 12 nitrogen and oxygen atoms in total. The van der Waals surface area contributed by atoms with Gasteiger partial charge in [-0.3, -0.25) is 19.3 Å². The van der Waals surface area contributed by atoms with Crippen molar-refractivity contribution in [2.45, 2.75) is 19.9 Å². The number of pyridine rings is 2. The van der Waals surface area contributed by atoms with Gasteiger partial charge >= 0.3 is 0 Å². The SMILES string of the molecule is Cc1c(Nc2cc[nH]c(=O)c2C(=O)Nc2ccc(N3CCN(C(=O)[C@H](C)N(C)C)CC3)cc2)cnc2c1NCCO2. The molecule has 1 fully saturated rings. The number of nitrogens with zero attached hydrogens (tertiary/aromatic N) is 4. The van der Waals surface area contributed by atoms with Crippen LogP contribution in [0.15, 0.2) is 47.5 Å². The molecule has 4 N–H and O–H groups in total. The number of rotatable bonds is 7. The Kier molecular flexibility index (Phi) is 8.11. The number of ether oxygens (including phenoxy) is 1. The van der Waals surface area contributed by atoms with Crippen LogP contribution in [0.3, 0.4) is 0 Å². The summed E-state index contributed by atoms with van der Waals surface area (Å²) in [6.07, 6.45) is 3.12. The quantitative estimate of drug-likeness (QED) is 0.344. The van der Waals surface area contributed by atoms with Crippen LogP contribution in [0.5, 0.6) is 5.88 Å². The maximum Gasteiger partial charge on any atom is 0.263 e. The first-order valence-corrected chi connectivity index (χ1v) is 13.7. The third-order valence-electron chi connectivity index (χ3n) is 7.62. The third-order valence-corrected chi connectivity index (χ3v) is 7.62. The minimum absolute atomic E-state index is 0.0364. The number of aromatic nitrogens is 2. The molecule has 2 aliphatic heterocycles. The number of fused-ring (bicyclic) bond motifs is 1. The van der Waals surface area contributed by atoms with Crippen LogP contribution in [0.2, 0.25) is 0 Å². The molecule has 0 bridgehead atoms. The number of amides is 2. The number of hydrogen-bond donors (Lipinski definition) is 4. The first-order chi connectivity index (χ1) is 19.7. The number of carbonyl (C=O) groups excluding carboxylic acids is 2. The Balaban J connectivity index is 1.25. The van der Waals surface area contributed by atoms with E-state index in [1.165, 1.54) is 6.20 Å². The van der Waals surface area contributed by atoms with Crippen LogP contribution >= 0.6 is 0 Å². The zero-order valence-corrected chi connectivity index (χ0v) is 23.8. The largest absolute Gasteiger partial charge is 0.474 e. The van der Waals surface area contributed by atoms with Crippen molar-refractivity contribution in [1.29, 1.82) is 0 Å². The molecule has 3 aromatic rings. The molecular formula is C29H36N8O4. The lowest BCUT2D eigenvalue weighted by Gasteiger charge is -2.38. The van der Waals surface area contributed by atoms with Gasteiger partial charge in [0.25, 0.3) is 11.5 Å². The molecule has 0 unspecified atom stereocenters. The lowest BCUT2D eigenvalue weighted by Crippen LogP contribution is -2.53. The lowest BCUT2D eigenvalue weighted by molar-refractivity contribution is -0.135. The molecule has 1 atom stereocenters. The molecule has 0 saturated carbocycles. The van der Waals surface area contributed by atoms with Crippen molar-refractivity contribution in [2.24, 2.45) is 0 Å². The van der Waals surface area contributed by atoms with Crippen LogP contribution in [0.25, 0.3) is 0 Å². The standard InChI is InChI=1S/C29H36N8O4/c1-18-23(17-32-28-25(18)30-11-16-41-28)34-22-9-10-31-26(38)24(22)27(39)33-20-5-7-21(8-6-20)36-12-14-37(15-13-36)29(40)19(2)35(3)4/h5-10,17,19,30H,11-16H2,1-4H3,(H,33,39)(H2,31,34,38)/t19-/m0/s1. The molecule has 5 rings (SSSR count). The van der Waals surface area contributed by atoms with Crippen LogP contribution in [-0.2, 0) is 4.79 Å². The molecule has 216 valence electrons. The minimum Gasteiger partial charge on any atom is -0.474 e. The number of nitrogens with one attached hydrogen (secondary N) is 4. The van der Waals surface area contributed by atoms with E-state index in [9.17, 15) is 14.4 Å². The fourth-order valence-corrected chi connectivity index (χ4v) is 4.92. The number of aromatic amines is 1. The molecule has 2 aromatic heterocycles. The monoisotopic (exact) mass is 560 g/mol. The number of H-pyrrole nitrogens is 1. The van der Waals surface area contributed by atoms with Crippen molar-refractivity contribution < 1.29 is 14.3 Å². The molecule has 1 aromatic carbocycles. The number of carbonyl (C=O) groups is 2. The maximum atomic E-state index is 13.3. The van der Waals surface area contributed by atoms with Crippen molar-refractivity contribution in [2.75, 3.05) is 74.3 Å². The van der Waals surface area contributed by atoms with E-state index in [2.05, 4.69) is 30.8 Å². The van der Waals surface area contributed by atoms with Gasteiger partial charge in [0.1, 0.15) is 17.9 Å². The van der Waals surface area contributed by atoms with E-state index in [1.807, 2.05) is 62.0 Å². The summed E-state index contributed by atoms with van der Waals surface area (Å²) in [5, 5.41) is 9.33. The highest BCUT2D eigenvalue weighted by Crippen LogP contribution is 2.34. The molecule has 41 heavy (non-hydrogen) atoms. The second-order valence-corrected chi connectivity index (χ2v) is 10.4. The van der Waals surface area contributed by atoms with Crippen LogP contribution in [0.1, 0.15) is 22.8 Å². The summed E-state index contributed by atoms with van der Waals surface area (Å²) in [6, 6.07) is 8.98. The normalized spacial score (nSPS) is 15.4. The summed E-state index contributed by atoms with van der Waals surface area (Å²) in [5.41, 5.74) is 3.70. The predicted octanol–water partition coefficient (Wildman–Crippen LogP) is 2.48. The summed E-state index contributed by atoms with van der Waals surface area (Å²) >= 11 is 0. The van der Waals surface area contributed by atoms with E-state index in [0.29, 0.717) is 49.2 Å². The first-order valence-electron chi connectivity index (χ1n) is 13.7. The zero-order chi connectivity index (χ0) is 29.1. The molecule has 0 radical (unpaired) electrons. The summed E-state index contributed by atoms with van der Waals surface area (Å²) in [5.74, 6) is 0.136. The van der Waals surface area contributed by atoms with Gasteiger partial charge in [-0.2, -0.15) is 0 Å². The number of anilines is 5. The Morgan fingerprint density at radius 3 is 2.51 bits per heavy atom. The van der Waals surface area contributed by atoms with Gasteiger partial charge in [0.05, 0.1) is 23.6 Å². The van der Waals surface area contributed by atoms with Crippen molar-refractivity contribution in [3.63, 3.8) is 0 Å². The van der Waals surface area contributed by atoms with E-state index >= 15 is 0 Å². The Morgan fingerprint density at radius 1 is 1.07 bits per heavy atom. The number of piperazine rings is 1. The summed E-state index contributed by atoms with van der Waals surface area (Å²) in [7, 11) is 3.82. The fourth-order valence-electron chi connectivity index (χ4n) is 4.92. The van der Waals surface area contributed by atoms with Crippen LogP contribution in [-0.4, -0.2) is 91.0 Å². The second-order valence-electron chi connectivity index (χ2n) is 10.4. The number of likely N-dealkylation sites (N-methyl/N-ethyl adjacent to an activating group) is 1. The van der Waals surface area contributed by atoms with Crippen LogP contribution in [0.4, 0.5) is 28.4 Å². The zero-order valence-electron chi connectivity index (χ0n) is 23.8. The average molecular weight is 561 g/mol. The van der Waals surface area contributed by atoms with Gasteiger partial charge in [-0.25, -0.2) is 4.98 Å². The van der Waals surface area contributed by atoms with Gasteiger partial charge in [0.15, 0.2) is 0 Å². The number of hydrogen-bond acceptors (Lipinski definition) is 9. The lowest BCUT2D eigenvalue weighted by atomic mass is 10.1. The Labute approximate surface area is 238 Å². The van der Waals surface area contributed by atoms with Crippen molar-refractivity contribution in [3.8, 4) is 5.88 Å². The van der Waals surface area contributed by atoms with E-state index < -0.39 is 11.5 Å². The average Bonchev–Trinajstić information content (AvgIpc) is 2.98. The van der Waals surface area contributed by atoms with Crippen molar-refractivity contribution in [1.82, 2.24) is 19.8 Å². The maximum absolute atomic E-state index is 13.3. The van der Waals surface area contributed by atoms with E-state index in [-0.39, 0.29) is 17.5 Å². The Bertz CT molecular complexity index is 1480. The smallest absolute Gasteiger partial charge is 0.263 e. The highest BCUT2D eigenvalue weighted by Gasteiger charge is 2.26. The molecule has 0 spiro atoms. The van der Waals surface area contributed by atoms with E-state index in [0.717, 1.165) is 30.0 Å². The Hall–Kier alpha value is -4.58. The summed E-state index contributed by atoms with van der Waals surface area (Å²) in [4.78, 5) is 51.7. The molecule has 2 amide bonds. The molecule has 2 aliphatic rings. The molecule has 12 heteroatoms. The van der Waals surface area contributed by atoms with Gasteiger partial charge in [0, 0.05) is 55.9 Å². The fraction of sp³-hybridized carbons (Fsp3) is 0.379. The third kappa shape index (κ3) is 5.97. The van der Waals surface area contributed by atoms with Gasteiger partial charge in [0.2, 0.25) is 11.8 Å². The second kappa shape index (κ2) is 11.9. The van der Waals surface area contributed by atoms with E-state index in [1.54, 1.807) is 12.3 Å². The predicted molar refractivity (Wildman–Crippen MR) is 160 cm³/mol. The van der Waals surface area contributed by atoms with Gasteiger partial charge in [-0.05, 0) is 58.3 Å². The highest BCUT2D eigenvalue weighted by molar-refractivity contribution is 6.08. The number of benzene rings is 1. The highest BCUT2D eigenvalue weighted by atomic mass is 16.5. The topological polar surface area (TPSA) is 135 Å². The van der Waals surface area contributed by atoms with Gasteiger partial charge in [-0.15, -0.1) is 0 Å². The minimum atomic E-state index is -0.533. The first kappa shape index (κ1) is 28.0. The summed E-state index contributed by atoms with van der Waals surface area (Å²) < 4.78 is 5.59. The van der Waals surface area contributed by atoms with Gasteiger partial charge in [-0.1, -0.05) is 0 Å². The molecular weight excluding hydrogens is 524 g/mol. The van der Waals surface area contributed by atoms with Crippen molar-refractivity contribution in [3.05, 3.63) is 64.2 Å². The van der Waals surface area contributed by atoms with Gasteiger partial charge < -0.3 is 35.5 Å². The molecule has 4 heterocycles. The summed E-state index contributed by atoms with van der Waals surface area (Å²) in [6.45, 7) is 7.82. The molecule has 1 saturated heterocycles. The molecule has 0 aliphatic carbocycles. The van der Waals surface area contributed by atoms with Crippen LogP contribution in [0, 0.1) is 6.92 Å². The van der Waals surface area contributed by atoms with Crippen LogP contribution < -0.4 is 31.1 Å². The van der Waals surface area contributed by atoms with E-state index in [4.69, 9.17) is 4.74 Å². The Morgan fingerprint density at radius 2 is 1.80 bits per heavy atom. The van der Waals surface area contributed by atoms with Crippen molar-refractivity contribution >= 4 is 40.3 Å².